The quantitative estimate of drug-likeness (QED) is 0.342. The van der Waals surface area contributed by atoms with Crippen LogP contribution in [0.25, 0.3) is 0 Å². The van der Waals surface area contributed by atoms with E-state index in [-0.39, 0.29) is 0 Å². The number of hydrogen-bond donors (Lipinski definition) is 0. The van der Waals surface area contributed by atoms with E-state index in [0.29, 0.717) is 49.5 Å². The predicted molar refractivity (Wildman–Crippen MR) is 143 cm³/mol. The molecule has 0 radical (unpaired) electrons. The van der Waals surface area contributed by atoms with Crippen LogP contribution >= 0.6 is 11.6 Å². The molecule has 3 aromatic rings. The number of benzene rings is 2. The number of imidazole rings is 1. The lowest BCUT2D eigenvalue weighted by molar-refractivity contribution is -0.0925. The largest absolute Gasteiger partial charge is 0.493 e. The Bertz CT molecular complexity index is 1140. The summed E-state index contributed by atoms with van der Waals surface area (Å²) in [5.41, 5.74) is 0.520. The Morgan fingerprint density at radius 2 is 2.00 bits per heavy atom. The maximum Gasteiger partial charge on any atom is 0.161 e. The molecule has 0 N–H and O–H groups in total. The molecule has 0 aliphatic carbocycles. The zero-order valence-electron chi connectivity index (χ0n) is 21.8. The van der Waals surface area contributed by atoms with Crippen molar-refractivity contribution in [2.75, 3.05) is 53.7 Å². The van der Waals surface area contributed by atoms with Crippen molar-refractivity contribution in [1.82, 2.24) is 14.5 Å². The van der Waals surface area contributed by atoms with E-state index >= 15 is 0 Å². The third-order valence-corrected chi connectivity index (χ3v) is 6.74. The Morgan fingerprint density at radius 3 is 2.78 bits per heavy atom. The van der Waals surface area contributed by atoms with Crippen molar-refractivity contribution in [1.29, 1.82) is 0 Å². The number of halogens is 1. The topological polar surface area (TPSA) is 67.2 Å². The molecule has 1 fully saturated rings. The van der Waals surface area contributed by atoms with Crippen LogP contribution in [0.1, 0.15) is 18.3 Å². The summed E-state index contributed by atoms with van der Waals surface area (Å²) < 4.78 is 31.7. The predicted octanol–water partition coefficient (Wildman–Crippen LogP) is 4.48. The monoisotopic (exact) mass is 529 g/mol. The lowest BCUT2D eigenvalue weighted by Crippen LogP contribution is -2.50. The summed E-state index contributed by atoms with van der Waals surface area (Å²) in [5.74, 6) is 3.20. The summed E-state index contributed by atoms with van der Waals surface area (Å²) in [6, 6.07) is 13.5. The van der Waals surface area contributed by atoms with Crippen LogP contribution in [0.5, 0.6) is 17.2 Å². The molecule has 0 amide bonds. The Labute approximate surface area is 224 Å². The van der Waals surface area contributed by atoms with Gasteiger partial charge in [-0.2, -0.15) is 0 Å². The van der Waals surface area contributed by atoms with Gasteiger partial charge >= 0.3 is 0 Å². The number of aromatic nitrogens is 2. The number of methoxy groups -OCH3 is 2. The zero-order chi connectivity index (χ0) is 26.1. The SMILES string of the molecule is CCc1nccn1CCOc1ccc(CN2CCOC[C@@](COc3cccc(Cl)c3)(OC)C2)cc1OC. The van der Waals surface area contributed by atoms with Gasteiger partial charge in [-0.3, -0.25) is 4.90 Å². The summed E-state index contributed by atoms with van der Waals surface area (Å²) in [6.07, 6.45) is 4.70. The van der Waals surface area contributed by atoms with Gasteiger partial charge in [-0.1, -0.05) is 30.7 Å². The molecule has 0 unspecified atom stereocenters. The van der Waals surface area contributed by atoms with E-state index in [4.69, 9.17) is 35.3 Å². The van der Waals surface area contributed by atoms with Gasteiger partial charge in [-0.15, -0.1) is 0 Å². The fourth-order valence-electron chi connectivity index (χ4n) is 4.46. The van der Waals surface area contributed by atoms with Crippen molar-refractivity contribution < 1.29 is 23.7 Å². The Morgan fingerprint density at radius 1 is 1.11 bits per heavy atom. The second kappa shape index (κ2) is 13.1. The summed E-state index contributed by atoms with van der Waals surface area (Å²) in [4.78, 5) is 6.68. The molecule has 1 atom stereocenters. The van der Waals surface area contributed by atoms with E-state index in [1.54, 1.807) is 20.3 Å². The summed E-state index contributed by atoms with van der Waals surface area (Å²) >= 11 is 6.11. The van der Waals surface area contributed by atoms with Crippen molar-refractivity contribution in [3.63, 3.8) is 0 Å². The number of nitrogens with zero attached hydrogens (tertiary/aromatic N) is 3. The summed E-state index contributed by atoms with van der Waals surface area (Å²) in [5, 5.41) is 0.636. The van der Waals surface area contributed by atoms with E-state index in [1.165, 1.54) is 0 Å². The van der Waals surface area contributed by atoms with Crippen LogP contribution in [-0.2, 0) is 29.0 Å². The lowest BCUT2D eigenvalue weighted by atomic mass is 10.1. The molecule has 0 spiro atoms. The van der Waals surface area contributed by atoms with E-state index in [1.807, 2.05) is 42.7 Å². The first-order chi connectivity index (χ1) is 18.0. The van der Waals surface area contributed by atoms with Crippen LogP contribution in [0.4, 0.5) is 0 Å². The average molecular weight is 530 g/mol. The van der Waals surface area contributed by atoms with Crippen LogP contribution in [0.3, 0.4) is 0 Å². The third kappa shape index (κ3) is 7.38. The molecule has 0 saturated carbocycles. The van der Waals surface area contributed by atoms with Crippen LogP contribution < -0.4 is 14.2 Å². The van der Waals surface area contributed by atoms with Crippen molar-refractivity contribution >= 4 is 11.6 Å². The molecule has 37 heavy (non-hydrogen) atoms. The van der Waals surface area contributed by atoms with Crippen LogP contribution in [-0.4, -0.2) is 73.8 Å². The molecule has 1 saturated heterocycles. The zero-order valence-corrected chi connectivity index (χ0v) is 22.6. The minimum atomic E-state index is -0.601. The smallest absolute Gasteiger partial charge is 0.161 e. The lowest BCUT2D eigenvalue weighted by Gasteiger charge is -2.34. The molecule has 8 nitrogen and oxygen atoms in total. The molecular formula is C28H36ClN3O5. The van der Waals surface area contributed by atoms with Crippen molar-refractivity contribution in [2.45, 2.75) is 32.0 Å². The van der Waals surface area contributed by atoms with Gasteiger partial charge in [0.1, 0.15) is 30.4 Å². The van der Waals surface area contributed by atoms with Gasteiger partial charge in [0.2, 0.25) is 0 Å². The van der Waals surface area contributed by atoms with Gasteiger partial charge in [-0.05, 0) is 35.9 Å². The van der Waals surface area contributed by atoms with Crippen LogP contribution in [0.2, 0.25) is 5.02 Å². The first-order valence-electron chi connectivity index (χ1n) is 12.6. The average Bonchev–Trinajstić information content (AvgIpc) is 3.27. The number of rotatable bonds is 12. The van der Waals surface area contributed by atoms with E-state index < -0.39 is 5.60 Å². The molecule has 2 aromatic carbocycles. The molecule has 4 rings (SSSR count). The number of hydrogen-bond acceptors (Lipinski definition) is 7. The molecule has 1 aromatic heterocycles. The maximum atomic E-state index is 6.11. The van der Waals surface area contributed by atoms with Gasteiger partial charge in [-0.25, -0.2) is 4.98 Å². The van der Waals surface area contributed by atoms with Crippen molar-refractivity contribution in [3.05, 3.63) is 71.3 Å². The fraction of sp³-hybridized carbons (Fsp3) is 0.464. The minimum Gasteiger partial charge on any atom is -0.493 e. The minimum absolute atomic E-state index is 0.354. The highest BCUT2D eigenvalue weighted by molar-refractivity contribution is 6.30. The second-order valence-corrected chi connectivity index (χ2v) is 9.56. The number of ether oxygens (including phenoxy) is 5. The third-order valence-electron chi connectivity index (χ3n) is 6.50. The van der Waals surface area contributed by atoms with Gasteiger partial charge in [0, 0.05) is 50.6 Å². The highest BCUT2D eigenvalue weighted by Gasteiger charge is 2.36. The molecule has 9 heteroatoms. The van der Waals surface area contributed by atoms with Crippen molar-refractivity contribution in [2.24, 2.45) is 0 Å². The number of aryl methyl sites for hydroxylation is 1. The van der Waals surface area contributed by atoms with E-state index in [2.05, 4.69) is 27.4 Å². The normalized spacial score (nSPS) is 18.4. The molecule has 1 aliphatic heterocycles. The van der Waals surface area contributed by atoms with E-state index in [9.17, 15) is 0 Å². The highest BCUT2D eigenvalue weighted by Crippen LogP contribution is 2.29. The Hall–Kier alpha value is -2.78. The first-order valence-corrected chi connectivity index (χ1v) is 13.0. The Balaban J connectivity index is 1.37. The standard InChI is InChI=1S/C28H36ClN3O5/c1-4-27-30-10-11-32(27)13-15-36-25-9-8-22(16-26(25)33-2)18-31-12-14-35-20-28(19-31,34-3)21-37-24-7-5-6-23(29)17-24/h5-11,16-17H,4,12-15,18-21H2,1-3H3/t28-/m0/s1. The highest BCUT2D eigenvalue weighted by atomic mass is 35.5. The summed E-state index contributed by atoms with van der Waals surface area (Å²) in [6.45, 7) is 6.96. The van der Waals surface area contributed by atoms with Crippen molar-refractivity contribution in [3.8, 4) is 17.2 Å². The molecule has 200 valence electrons. The van der Waals surface area contributed by atoms with Crippen LogP contribution in [0, 0.1) is 0 Å². The molecule has 1 aliphatic rings. The van der Waals surface area contributed by atoms with Gasteiger partial charge in [0.05, 0.1) is 26.9 Å². The molecular weight excluding hydrogens is 494 g/mol. The first kappa shape index (κ1) is 27.3. The fourth-order valence-corrected chi connectivity index (χ4v) is 4.64. The Kier molecular flexibility index (Phi) is 9.68. The molecule has 2 heterocycles. The second-order valence-electron chi connectivity index (χ2n) is 9.12. The van der Waals surface area contributed by atoms with E-state index in [0.717, 1.165) is 43.2 Å². The van der Waals surface area contributed by atoms with Gasteiger partial charge < -0.3 is 28.3 Å². The summed E-state index contributed by atoms with van der Waals surface area (Å²) in [7, 11) is 3.37. The van der Waals surface area contributed by atoms with Gasteiger partial charge in [0.25, 0.3) is 0 Å². The maximum absolute atomic E-state index is 6.11. The van der Waals surface area contributed by atoms with Gasteiger partial charge in [0.15, 0.2) is 11.5 Å². The molecule has 0 bridgehead atoms. The van der Waals surface area contributed by atoms with Crippen LogP contribution in [0.15, 0.2) is 54.9 Å².